The number of fused-ring (bicyclic) bond motifs is 1. The molecule has 0 saturated carbocycles. The lowest BCUT2D eigenvalue weighted by Crippen LogP contribution is -2.35. The Kier molecular flexibility index (Phi) is 4.74. The van der Waals surface area contributed by atoms with Crippen LogP contribution in [0.5, 0.6) is 0 Å². The van der Waals surface area contributed by atoms with E-state index in [1.54, 1.807) is 12.1 Å². The molecule has 22 heavy (non-hydrogen) atoms. The van der Waals surface area contributed by atoms with Crippen molar-refractivity contribution in [3.05, 3.63) is 34.9 Å². The molecule has 120 valence electrons. The lowest BCUT2D eigenvalue weighted by Gasteiger charge is -2.27. The Balaban J connectivity index is 2.07. The summed E-state index contributed by atoms with van der Waals surface area (Å²) in [4.78, 5) is 22.9. The first-order chi connectivity index (χ1) is 10.3. The number of carbonyl (C=O) groups excluding carboxylic acids is 1. The van der Waals surface area contributed by atoms with Crippen molar-refractivity contribution in [2.75, 3.05) is 6.54 Å². The number of hydrogen-bond acceptors (Lipinski definition) is 3. The second kappa shape index (κ2) is 6.38. The normalized spacial score (nSPS) is 17.5. The maximum absolute atomic E-state index is 11.8. The highest BCUT2D eigenvalue weighted by Gasteiger charge is 2.23. The highest BCUT2D eigenvalue weighted by Crippen LogP contribution is 2.32. The molecule has 1 aliphatic rings. The van der Waals surface area contributed by atoms with E-state index in [4.69, 9.17) is 9.84 Å². The highest BCUT2D eigenvalue weighted by atomic mass is 16.6. The molecule has 1 atom stereocenters. The van der Waals surface area contributed by atoms with Crippen LogP contribution in [-0.4, -0.2) is 29.3 Å². The van der Waals surface area contributed by atoms with Gasteiger partial charge in [0.15, 0.2) is 0 Å². The number of aromatic carboxylic acids is 1. The van der Waals surface area contributed by atoms with Gasteiger partial charge in [-0.3, -0.25) is 0 Å². The number of alkyl carbamates (subject to hydrolysis) is 1. The van der Waals surface area contributed by atoms with Gasteiger partial charge in [0, 0.05) is 12.5 Å². The predicted molar refractivity (Wildman–Crippen MR) is 83.3 cm³/mol. The summed E-state index contributed by atoms with van der Waals surface area (Å²) >= 11 is 0. The molecule has 5 heteroatoms. The van der Waals surface area contributed by atoms with Crippen LogP contribution in [0.1, 0.15) is 61.0 Å². The first-order valence-corrected chi connectivity index (χ1v) is 7.59. The van der Waals surface area contributed by atoms with Crippen LogP contribution < -0.4 is 5.32 Å². The minimum atomic E-state index is -0.924. The van der Waals surface area contributed by atoms with Crippen molar-refractivity contribution < 1.29 is 19.4 Å². The Morgan fingerprint density at radius 1 is 1.36 bits per heavy atom. The Hall–Kier alpha value is -2.04. The first kappa shape index (κ1) is 16.3. The number of rotatable bonds is 3. The molecule has 1 amide bonds. The zero-order valence-electron chi connectivity index (χ0n) is 13.3. The van der Waals surface area contributed by atoms with E-state index in [-0.39, 0.29) is 5.92 Å². The molecule has 0 aliphatic heterocycles. The minimum Gasteiger partial charge on any atom is -0.478 e. The zero-order chi connectivity index (χ0) is 16.3. The molecule has 2 rings (SSSR count). The lowest BCUT2D eigenvalue weighted by molar-refractivity contribution is 0.0522. The Morgan fingerprint density at radius 2 is 2.09 bits per heavy atom. The molecule has 0 heterocycles. The summed E-state index contributed by atoms with van der Waals surface area (Å²) < 4.78 is 5.23. The third-order valence-corrected chi connectivity index (χ3v) is 3.72. The van der Waals surface area contributed by atoms with Crippen LogP contribution >= 0.6 is 0 Å². The highest BCUT2D eigenvalue weighted by molar-refractivity contribution is 5.88. The van der Waals surface area contributed by atoms with E-state index < -0.39 is 17.7 Å². The van der Waals surface area contributed by atoms with E-state index in [0.29, 0.717) is 12.1 Å². The summed E-state index contributed by atoms with van der Waals surface area (Å²) in [5, 5.41) is 11.9. The Bertz CT molecular complexity index is 575. The molecular weight excluding hydrogens is 282 g/mol. The summed E-state index contributed by atoms with van der Waals surface area (Å²) in [7, 11) is 0. The number of carbonyl (C=O) groups is 2. The average molecular weight is 305 g/mol. The number of carboxylic acids is 1. The van der Waals surface area contributed by atoms with Crippen LogP contribution in [0.4, 0.5) is 4.79 Å². The smallest absolute Gasteiger partial charge is 0.407 e. The Labute approximate surface area is 130 Å². The van der Waals surface area contributed by atoms with Gasteiger partial charge in [0.25, 0.3) is 0 Å². The molecule has 1 aromatic rings. The number of ether oxygens (including phenoxy) is 1. The quantitative estimate of drug-likeness (QED) is 0.898. The van der Waals surface area contributed by atoms with Crippen LogP contribution in [0, 0.1) is 0 Å². The maximum atomic E-state index is 11.8. The number of benzene rings is 1. The third kappa shape index (κ3) is 4.23. The van der Waals surface area contributed by atoms with Crippen molar-refractivity contribution >= 4 is 12.1 Å². The summed E-state index contributed by atoms with van der Waals surface area (Å²) in [6.45, 7) is 5.93. The topological polar surface area (TPSA) is 75.6 Å². The number of carboxylic acid groups (broad SMARTS) is 1. The van der Waals surface area contributed by atoms with Crippen LogP contribution in [0.25, 0.3) is 0 Å². The average Bonchev–Trinajstić information content (AvgIpc) is 2.42. The van der Waals surface area contributed by atoms with Gasteiger partial charge in [0.05, 0.1) is 5.56 Å². The molecular formula is C17H23NO4. The van der Waals surface area contributed by atoms with Crippen molar-refractivity contribution in [1.82, 2.24) is 5.32 Å². The van der Waals surface area contributed by atoms with Gasteiger partial charge in [-0.2, -0.15) is 0 Å². The molecule has 1 aliphatic carbocycles. The standard InChI is InChI=1S/C17H23NO4/c1-17(2,3)22-16(21)18-10-13-6-4-5-11-7-8-12(15(19)20)9-14(11)13/h7-9,13H,4-6,10H2,1-3H3,(H,18,21)(H,19,20). The molecule has 0 fully saturated rings. The van der Waals surface area contributed by atoms with E-state index in [1.165, 1.54) is 5.56 Å². The number of amides is 1. The molecule has 0 radical (unpaired) electrons. The number of nitrogens with one attached hydrogen (secondary N) is 1. The van der Waals surface area contributed by atoms with E-state index in [0.717, 1.165) is 24.8 Å². The van der Waals surface area contributed by atoms with Gasteiger partial charge < -0.3 is 15.2 Å². The molecule has 0 spiro atoms. The second-order valence-electron chi connectivity index (χ2n) is 6.69. The van der Waals surface area contributed by atoms with E-state index in [2.05, 4.69) is 5.32 Å². The summed E-state index contributed by atoms with van der Waals surface area (Å²) in [6, 6.07) is 5.27. The number of aryl methyl sites for hydroxylation is 1. The molecule has 0 bridgehead atoms. The maximum Gasteiger partial charge on any atom is 0.407 e. The van der Waals surface area contributed by atoms with E-state index in [1.807, 2.05) is 26.8 Å². The third-order valence-electron chi connectivity index (χ3n) is 3.72. The van der Waals surface area contributed by atoms with E-state index in [9.17, 15) is 9.59 Å². The van der Waals surface area contributed by atoms with Gasteiger partial charge in [-0.05, 0) is 63.3 Å². The molecule has 0 aromatic heterocycles. The van der Waals surface area contributed by atoms with Crippen LogP contribution in [-0.2, 0) is 11.2 Å². The van der Waals surface area contributed by atoms with Crippen molar-refractivity contribution in [2.45, 2.75) is 51.6 Å². The van der Waals surface area contributed by atoms with Gasteiger partial charge in [-0.25, -0.2) is 9.59 Å². The van der Waals surface area contributed by atoms with Crippen LogP contribution in [0.15, 0.2) is 18.2 Å². The molecule has 1 aromatic carbocycles. The zero-order valence-corrected chi connectivity index (χ0v) is 13.3. The van der Waals surface area contributed by atoms with Crippen molar-refractivity contribution in [2.24, 2.45) is 0 Å². The summed E-state index contributed by atoms with van der Waals surface area (Å²) in [5.74, 6) is -0.789. The predicted octanol–water partition coefficient (Wildman–Crippen LogP) is 3.33. The van der Waals surface area contributed by atoms with Gasteiger partial charge >= 0.3 is 12.1 Å². The van der Waals surface area contributed by atoms with E-state index >= 15 is 0 Å². The molecule has 1 unspecified atom stereocenters. The van der Waals surface area contributed by atoms with Gasteiger partial charge in [-0.15, -0.1) is 0 Å². The number of hydrogen-bond donors (Lipinski definition) is 2. The molecule has 0 saturated heterocycles. The second-order valence-corrected chi connectivity index (χ2v) is 6.69. The fourth-order valence-electron chi connectivity index (χ4n) is 2.76. The van der Waals surface area contributed by atoms with Gasteiger partial charge in [0.1, 0.15) is 5.60 Å². The summed E-state index contributed by atoms with van der Waals surface area (Å²) in [5.41, 5.74) is 1.97. The van der Waals surface area contributed by atoms with Gasteiger partial charge in [0.2, 0.25) is 0 Å². The van der Waals surface area contributed by atoms with Crippen molar-refractivity contribution in [1.29, 1.82) is 0 Å². The lowest BCUT2D eigenvalue weighted by atomic mass is 9.82. The SMILES string of the molecule is CC(C)(C)OC(=O)NCC1CCCc2ccc(C(=O)O)cc21. The monoisotopic (exact) mass is 305 g/mol. The largest absolute Gasteiger partial charge is 0.478 e. The summed E-state index contributed by atoms with van der Waals surface area (Å²) in [6.07, 6.45) is 2.50. The minimum absolute atomic E-state index is 0.135. The molecule has 5 nitrogen and oxygen atoms in total. The van der Waals surface area contributed by atoms with Crippen molar-refractivity contribution in [3.8, 4) is 0 Å². The fraction of sp³-hybridized carbons (Fsp3) is 0.529. The first-order valence-electron chi connectivity index (χ1n) is 7.59. The van der Waals surface area contributed by atoms with Gasteiger partial charge in [-0.1, -0.05) is 6.07 Å². The fourth-order valence-corrected chi connectivity index (χ4v) is 2.76. The molecule has 2 N–H and O–H groups in total. The van der Waals surface area contributed by atoms with Crippen LogP contribution in [0.3, 0.4) is 0 Å². The van der Waals surface area contributed by atoms with Crippen molar-refractivity contribution in [3.63, 3.8) is 0 Å². The Morgan fingerprint density at radius 3 is 2.73 bits per heavy atom. The van der Waals surface area contributed by atoms with Crippen LogP contribution in [0.2, 0.25) is 0 Å².